The normalized spacial score (nSPS) is 15.4. The minimum absolute atomic E-state index is 0.686. The zero-order chi connectivity index (χ0) is 9.84. The first-order valence-corrected chi connectivity index (χ1v) is 5.21. The third-order valence-electron chi connectivity index (χ3n) is 3.10. The lowest BCUT2D eigenvalue weighted by atomic mass is 9.87. The summed E-state index contributed by atoms with van der Waals surface area (Å²) in [6, 6.07) is 8.92. The van der Waals surface area contributed by atoms with Crippen LogP contribution in [0.25, 0.3) is 0 Å². The summed E-state index contributed by atoms with van der Waals surface area (Å²) in [5.41, 5.74) is 2.82. The number of hydrogen-bond acceptors (Lipinski definition) is 0. The van der Waals surface area contributed by atoms with Crippen molar-refractivity contribution >= 4 is 0 Å². The minimum atomic E-state index is 0.686. The Morgan fingerprint density at radius 2 is 1.62 bits per heavy atom. The van der Waals surface area contributed by atoms with Crippen LogP contribution < -0.4 is 0 Å². The lowest BCUT2D eigenvalue weighted by Gasteiger charge is -2.18. The third kappa shape index (κ3) is 2.58. The zero-order valence-corrected chi connectivity index (χ0v) is 9.17. The quantitative estimate of drug-likeness (QED) is 0.649. The van der Waals surface area contributed by atoms with E-state index in [9.17, 15) is 0 Å². The lowest BCUT2D eigenvalue weighted by molar-refractivity contribution is 0.473. The van der Waals surface area contributed by atoms with Gasteiger partial charge in [-0.3, -0.25) is 0 Å². The highest BCUT2D eigenvalue weighted by Gasteiger charge is 2.11. The molecule has 0 aliphatic heterocycles. The van der Waals surface area contributed by atoms with E-state index < -0.39 is 0 Å². The molecule has 1 aromatic rings. The standard InChI is InChI=1S/C13H20/c1-5-11(3)12(4)13-8-6-10(2)7-9-13/h6-9,11-12H,5H2,1-4H3/t11-,12?/m1/s1. The van der Waals surface area contributed by atoms with Crippen molar-refractivity contribution in [2.75, 3.05) is 0 Å². The molecule has 0 nitrogen and oxygen atoms in total. The maximum atomic E-state index is 2.32. The fourth-order valence-electron chi connectivity index (χ4n) is 1.55. The second-order valence-electron chi connectivity index (χ2n) is 4.08. The van der Waals surface area contributed by atoms with Gasteiger partial charge in [0.05, 0.1) is 0 Å². The molecule has 13 heavy (non-hydrogen) atoms. The third-order valence-corrected chi connectivity index (χ3v) is 3.10. The van der Waals surface area contributed by atoms with Gasteiger partial charge in [-0.05, 0) is 24.3 Å². The van der Waals surface area contributed by atoms with Crippen molar-refractivity contribution in [2.45, 2.75) is 40.0 Å². The average molecular weight is 176 g/mol. The minimum Gasteiger partial charge on any atom is -0.0651 e. The Hall–Kier alpha value is -0.780. The van der Waals surface area contributed by atoms with E-state index in [-0.39, 0.29) is 0 Å². The molecular weight excluding hydrogens is 156 g/mol. The highest BCUT2D eigenvalue weighted by atomic mass is 14.2. The van der Waals surface area contributed by atoms with Crippen LogP contribution in [0, 0.1) is 12.8 Å². The molecule has 0 aromatic heterocycles. The molecule has 0 radical (unpaired) electrons. The molecule has 0 amide bonds. The van der Waals surface area contributed by atoms with Gasteiger partial charge in [0.25, 0.3) is 0 Å². The molecule has 0 heterocycles. The van der Waals surface area contributed by atoms with Crippen molar-refractivity contribution in [1.82, 2.24) is 0 Å². The van der Waals surface area contributed by atoms with E-state index in [2.05, 4.69) is 52.0 Å². The van der Waals surface area contributed by atoms with Gasteiger partial charge >= 0.3 is 0 Å². The average Bonchev–Trinajstić information content (AvgIpc) is 2.17. The summed E-state index contributed by atoms with van der Waals surface area (Å²) in [6.07, 6.45) is 1.26. The van der Waals surface area contributed by atoms with E-state index in [1.165, 1.54) is 17.5 Å². The Balaban J connectivity index is 2.77. The Morgan fingerprint density at radius 1 is 1.08 bits per heavy atom. The second-order valence-corrected chi connectivity index (χ2v) is 4.08. The van der Waals surface area contributed by atoms with Crippen LogP contribution in [0.5, 0.6) is 0 Å². The van der Waals surface area contributed by atoms with Gasteiger partial charge < -0.3 is 0 Å². The largest absolute Gasteiger partial charge is 0.0651 e. The van der Waals surface area contributed by atoms with Gasteiger partial charge in [-0.15, -0.1) is 0 Å². The van der Waals surface area contributed by atoms with E-state index in [1.54, 1.807) is 0 Å². The Bertz CT molecular complexity index is 245. The first-order chi connectivity index (χ1) is 6.15. The van der Waals surface area contributed by atoms with Gasteiger partial charge in [-0.25, -0.2) is 0 Å². The maximum Gasteiger partial charge on any atom is -0.0165 e. The summed E-state index contributed by atoms with van der Waals surface area (Å²) in [7, 11) is 0. The molecule has 0 aliphatic carbocycles. The smallest absolute Gasteiger partial charge is 0.0165 e. The number of rotatable bonds is 3. The van der Waals surface area contributed by atoms with Crippen LogP contribution in [0.3, 0.4) is 0 Å². The Morgan fingerprint density at radius 3 is 2.08 bits per heavy atom. The molecule has 0 bridgehead atoms. The van der Waals surface area contributed by atoms with Crippen molar-refractivity contribution in [3.63, 3.8) is 0 Å². The van der Waals surface area contributed by atoms with Crippen LogP contribution in [0.2, 0.25) is 0 Å². The first kappa shape index (κ1) is 10.3. The van der Waals surface area contributed by atoms with E-state index in [0.717, 1.165) is 5.92 Å². The molecule has 1 unspecified atom stereocenters. The highest BCUT2D eigenvalue weighted by molar-refractivity contribution is 5.24. The summed E-state index contributed by atoms with van der Waals surface area (Å²) in [4.78, 5) is 0. The van der Waals surface area contributed by atoms with E-state index >= 15 is 0 Å². The molecule has 72 valence electrons. The number of aryl methyl sites for hydroxylation is 1. The van der Waals surface area contributed by atoms with E-state index in [0.29, 0.717) is 5.92 Å². The fourth-order valence-corrected chi connectivity index (χ4v) is 1.55. The first-order valence-electron chi connectivity index (χ1n) is 5.21. The zero-order valence-electron chi connectivity index (χ0n) is 9.17. The van der Waals surface area contributed by atoms with Crippen LogP contribution in [0.1, 0.15) is 44.2 Å². The summed E-state index contributed by atoms with van der Waals surface area (Å²) >= 11 is 0. The molecule has 1 aromatic carbocycles. The predicted molar refractivity (Wildman–Crippen MR) is 59.0 cm³/mol. The molecule has 0 spiro atoms. The van der Waals surface area contributed by atoms with E-state index in [4.69, 9.17) is 0 Å². The molecule has 0 saturated heterocycles. The molecular formula is C13H20. The molecule has 0 fully saturated rings. The van der Waals surface area contributed by atoms with Crippen molar-refractivity contribution in [1.29, 1.82) is 0 Å². The molecule has 1 rings (SSSR count). The van der Waals surface area contributed by atoms with Gasteiger partial charge in [0, 0.05) is 0 Å². The summed E-state index contributed by atoms with van der Waals surface area (Å²) in [6.45, 7) is 9.04. The van der Waals surface area contributed by atoms with Crippen molar-refractivity contribution < 1.29 is 0 Å². The second kappa shape index (κ2) is 4.45. The van der Waals surface area contributed by atoms with Crippen molar-refractivity contribution in [2.24, 2.45) is 5.92 Å². The van der Waals surface area contributed by atoms with Gasteiger partial charge in [-0.2, -0.15) is 0 Å². The van der Waals surface area contributed by atoms with Crippen LogP contribution in [0.4, 0.5) is 0 Å². The van der Waals surface area contributed by atoms with Crippen LogP contribution in [-0.4, -0.2) is 0 Å². The van der Waals surface area contributed by atoms with Gasteiger partial charge in [-0.1, -0.05) is 57.0 Å². The lowest BCUT2D eigenvalue weighted by Crippen LogP contribution is -2.04. The predicted octanol–water partition coefficient (Wildman–Crippen LogP) is 4.14. The summed E-state index contributed by atoms with van der Waals surface area (Å²) in [5, 5.41) is 0. The highest BCUT2D eigenvalue weighted by Crippen LogP contribution is 2.26. The molecule has 0 aliphatic rings. The van der Waals surface area contributed by atoms with Gasteiger partial charge in [0.2, 0.25) is 0 Å². The van der Waals surface area contributed by atoms with Gasteiger partial charge in [0.1, 0.15) is 0 Å². The van der Waals surface area contributed by atoms with Crippen molar-refractivity contribution in [3.8, 4) is 0 Å². The SMILES string of the molecule is CC[C@@H](C)C(C)c1ccc(C)cc1. The topological polar surface area (TPSA) is 0 Å². The maximum absolute atomic E-state index is 2.32. The fraction of sp³-hybridized carbons (Fsp3) is 0.538. The van der Waals surface area contributed by atoms with Crippen molar-refractivity contribution in [3.05, 3.63) is 35.4 Å². The Kier molecular flexibility index (Phi) is 3.53. The van der Waals surface area contributed by atoms with Crippen LogP contribution in [-0.2, 0) is 0 Å². The molecule has 0 saturated carbocycles. The number of hydrogen-bond donors (Lipinski definition) is 0. The summed E-state index contributed by atoms with van der Waals surface area (Å²) < 4.78 is 0. The molecule has 0 N–H and O–H groups in total. The van der Waals surface area contributed by atoms with Crippen LogP contribution in [0.15, 0.2) is 24.3 Å². The van der Waals surface area contributed by atoms with Crippen LogP contribution >= 0.6 is 0 Å². The van der Waals surface area contributed by atoms with E-state index in [1.807, 2.05) is 0 Å². The summed E-state index contributed by atoms with van der Waals surface area (Å²) in [5.74, 6) is 1.47. The molecule has 2 atom stereocenters. The number of benzene rings is 1. The monoisotopic (exact) mass is 176 g/mol. The Labute approximate surface area is 82.0 Å². The molecule has 0 heteroatoms. The van der Waals surface area contributed by atoms with Gasteiger partial charge in [0.15, 0.2) is 0 Å².